The van der Waals surface area contributed by atoms with Crippen LogP contribution >= 0.6 is 11.8 Å². The average molecular weight is 389 g/mol. The molecule has 1 heterocycles. The topological polar surface area (TPSA) is 119 Å². The van der Waals surface area contributed by atoms with Gasteiger partial charge < -0.3 is 15.9 Å². The van der Waals surface area contributed by atoms with E-state index in [4.69, 9.17) is 10.6 Å². The Morgan fingerprint density at radius 1 is 1.26 bits per heavy atom. The summed E-state index contributed by atoms with van der Waals surface area (Å²) in [6.07, 6.45) is 5.59. The molecule has 0 radical (unpaired) electrons. The summed E-state index contributed by atoms with van der Waals surface area (Å²) in [6.45, 7) is 0. The molecular weight excluding hydrogens is 366 g/mol. The van der Waals surface area contributed by atoms with Crippen molar-refractivity contribution in [3.8, 4) is 5.75 Å². The largest absolute Gasteiger partial charge is 0.497 e. The Morgan fingerprint density at radius 2 is 2.00 bits per heavy atom. The van der Waals surface area contributed by atoms with Crippen molar-refractivity contribution in [2.75, 3.05) is 29.4 Å². The van der Waals surface area contributed by atoms with Crippen LogP contribution in [0.1, 0.15) is 32.1 Å². The lowest BCUT2D eigenvalue weighted by molar-refractivity contribution is -0.113. The second kappa shape index (κ2) is 9.26. The second-order valence-electron chi connectivity index (χ2n) is 6.09. The number of hydrogen-bond acceptors (Lipinski definition) is 8. The van der Waals surface area contributed by atoms with Crippen molar-refractivity contribution in [1.29, 1.82) is 0 Å². The van der Waals surface area contributed by atoms with E-state index >= 15 is 0 Å². The van der Waals surface area contributed by atoms with Crippen LogP contribution in [-0.4, -0.2) is 39.4 Å². The molecule has 10 heteroatoms. The molecule has 27 heavy (non-hydrogen) atoms. The number of nitrogens with one attached hydrogen (secondary N) is 2. The molecule has 1 amide bonds. The molecule has 0 unspecified atom stereocenters. The molecule has 1 fully saturated rings. The number of thioether (sulfide) groups is 1. The van der Waals surface area contributed by atoms with Crippen LogP contribution in [0.4, 0.5) is 11.6 Å². The predicted octanol–water partition coefficient (Wildman–Crippen LogP) is 2.46. The third-order valence-electron chi connectivity index (χ3n) is 4.12. The zero-order valence-electron chi connectivity index (χ0n) is 15.1. The smallest absolute Gasteiger partial charge is 0.264 e. The van der Waals surface area contributed by atoms with Crippen LogP contribution in [0.2, 0.25) is 0 Å². The predicted molar refractivity (Wildman–Crippen MR) is 107 cm³/mol. The van der Waals surface area contributed by atoms with Crippen molar-refractivity contribution < 1.29 is 9.53 Å². The molecule has 1 aliphatic carbocycles. The van der Waals surface area contributed by atoms with Gasteiger partial charge in [0.25, 0.3) is 5.95 Å². The number of nitrogen functional groups attached to an aromatic ring is 1. The van der Waals surface area contributed by atoms with Gasteiger partial charge in [0.2, 0.25) is 11.1 Å². The third-order valence-corrected chi connectivity index (χ3v) is 5.06. The van der Waals surface area contributed by atoms with Crippen molar-refractivity contribution in [2.45, 2.75) is 37.3 Å². The Hall–Kier alpha value is -2.75. The van der Waals surface area contributed by atoms with Gasteiger partial charge in [0.05, 0.1) is 12.9 Å². The SMILES string of the molecule is COc1ccc(NC(=O)CSc2nnc(NN=C3CCCCC3)n2N)cc1. The van der Waals surface area contributed by atoms with Crippen LogP contribution in [0, 0.1) is 0 Å². The highest BCUT2D eigenvalue weighted by Gasteiger charge is 2.13. The quantitative estimate of drug-likeness (QED) is 0.378. The minimum absolute atomic E-state index is 0.162. The highest BCUT2D eigenvalue weighted by Crippen LogP contribution is 2.19. The van der Waals surface area contributed by atoms with Crippen LogP contribution in [0.5, 0.6) is 5.75 Å². The van der Waals surface area contributed by atoms with Crippen LogP contribution in [0.3, 0.4) is 0 Å². The number of hydrazone groups is 1. The van der Waals surface area contributed by atoms with E-state index in [1.807, 2.05) is 0 Å². The normalized spacial score (nSPS) is 13.9. The van der Waals surface area contributed by atoms with Crippen LogP contribution in [0.25, 0.3) is 0 Å². The average Bonchev–Trinajstić information content (AvgIpc) is 3.06. The second-order valence-corrected chi connectivity index (χ2v) is 7.03. The van der Waals surface area contributed by atoms with Gasteiger partial charge in [0.1, 0.15) is 5.75 Å². The van der Waals surface area contributed by atoms with Crippen molar-refractivity contribution in [3.63, 3.8) is 0 Å². The summed E-state index contributed by atoms with van der Waals surface area (Å²) in [4.78, 5) is 12.1. The Balaban J connectivity index is 1.50. The monoisotopic (exact) mass is 389 g/mol. The molecule has 1 saturated carbocycles. The third kappa shape index (κ3) is 5.36. The maximum atomic E-state index is 12.1. The van der Waals surface area contributed by atoms with Crippen LogP contribution in [-0.2, 0) is 4.79 Å². The van der Waals surface area contributed by atoms with Crippen molar-refractivity contribution in [2.24, 2.45) is 5.10 Å². The molecule has 4 N–H and O–H groups in total. The highest BCUT2D eigenvalue weighted by molar-refractivity contribution is 7.99. The van der Waals surface area contributed by atoms with E-state index < -0.39 is 0 Å². The number of aromatic nitrogens is 3. The summed E-state index contributed by atoms with van der Waals surface area (Å²) in [5.41, 5.74) is 4.69. The van der Waals surface area contributed by atoms with E-state index in [9.17, 15) is 4.79 Å². The lowest BCUT2D eigenvalue weighted by Crippen LogP contribution is -2.17. The number of carbonyl (C=O) groups excluding carboxylic acids is 1. The number of anilines is 2. The molecule has 0 saturated heterocycles. The van der Waals surface area contributed by atoms with Crippen molar-refractivity contribution in [3.05, 3.63) is 24.3 Å². The number of rotatable bonds is 7. The number of benzene rings is 1. The molecule has 1 aliphatic rings. The van der Waals surface area contributed by atoms with Gasteiger partial charge in [-0.2, -0.15) is 5.10 Å². The molecule has 0 bridgehead atoms. The molecule has 3 rings (SSSR count). The standard InChI is InChI=1S/C17H23N7O2S/c1-26-14-9-7-12(8-10-14)19-15(25)11-27-17-23-22-16(24(17)18)21-20-13-5-3-2-4-6-13/h7-10H,2-6,11,18H2,1H3,(H,19,25)(H,21,22). The summed E-state index contributed by atoms with van der Waals surface area (Å²) >= 11 is 1.20. The number of hydrogen-bond donors (Lipinski definition) is 3. The van der Waals surface area contributed by atoms with Gasteiger partial charge in [0, 0.05) is 11.4 Å². The number of ether oxygens (including phenoxy) is 1. The molecule has 9 nitrogen and oxygen atoms in total. The summed E-state index contributed by atoms with van der Waals surface area (Å²) in [7, 11) is 1.59. The Kier molecular flexibility index (Phi) is 6.53. The zero-order valence-corrected chi connectivity index (χ0v) is 16.0. The fourth-order valence-corrected chi connectivity index (χ4v) is 3.31. The maximum absolute atomic E-state index is 12.1. The molecule has 0 aliphatic heterocycles. The van der Waals surface area contributed by atoms with Gasteiger partial charge in [0.15, 0.2) is 0 Å². The first kappa shape index (κ1) is 19.0. The number of amides is 1. The fraction of sp³-hybridized carbons (Fsp3) is 0.412. The summed E-state index contributed by atoms with van der Waals surface area (Å²) in [5, 5.41) is 15.6. The lowest BCUT2D eigenvalue weighted by Gasteiger charge is -2.12. The molecule has 0 spiro atoms. The summed E-state index contributed by atoms with van der Waals surface area (Å²) in [6, 6.07) is 7.12. The fourth-order valence-electron chi connectivity index (χ4n) is 2.65. The Bertz CT molecular complexity index is 796. The minimum atomic E-state index is -0.162. The Morgan fingerprint density at radius 3 is 2.70 bits per heavy atom. The van der Waals surface area contributed by atoms with Crippen molar-refractivity contribution >= 4 is 35.0 Å². The van der Waals surface area contributed by atoms with E-state index in [1.54, 1.807) is 31.4 Å². The highest BCUT2D eigenvalue weighted by atomic mass is 32.2. The van der Waals surface area contributed by atoms with Gasteiger partial charge in [-0.25, -0.2) is 10.1 Å². The molecule has 144 valence electrons. The Labute approximate surface area is 161 Å². The van der Waals surface area contributed by atoms with Crippen molar-refractivity contribution in [1.82, 2.24) is 14.9 Å². The van der Waals surface area contributed by atoms with E-state index in [0.717, 1.165) is 24.3 Å². The molecule has 2 aromatic rings. The number of carbonyl (C=O) groups is 1. The molecular formula is C17H23N7O2S. The van der Waals surface area contributed by atoms with Gasteiger partial charge >= 0.3 is 0 Å². The van der Waals surface area contributed by atoms with E-state index in [1.165, 1.54) is 35.7 Å². The molecule has 0 atom stereocenters. The number of nitrogens with zero attached hydrogens (tertiary/aromatic N) is 4. The van der Waals surface area contributed by atoms with Gasteiger partial charge in [-0.15, -0.1) is 10.2 Å². The van der Waals surface area contributed by atoms with Gasteiger partial charge in [-0.3, -0.25) is 4.79 Å². The number of nitrogens with two attached hydrogens (primary N) is 1. The van der Waals surface area contributed by atoms with Crippen LogP contribution in [0.15, 0.2) is 34.5 Å². The van der Waals surface area contributed by atoms with E-state index in [2.05, 4.69) is 26.0 Å². The lowest BCUT2D eigenvalue weighted by atomic mass is 9.99. The maximum Gasteiger partial charge on any atom is 0.264 e. The first-order valence-electron chi connectivity index (χ1n) is 8.74. The zero-order chi connectivity index (χ0) is 19.1. The number of methoxy groups -OCH3 is 1. The van der Waals surface area contributed by atoms with Gasteiger partial charge in [-0.1, -0.05) is 18.2 Å². The first-order valence-corrected chi connectivity index (χ1v) is 9.73. The van der Waals surface area contributed by atoms with E-state index in [0.29, 0.717) is 16.8 Å². The molecule has 1 aromatic carbocycles. The van der Waals surface area contributed by atoms with Gasteiger partial charge in [-0.05, 0) is 49.9 Å². The molecule has 1 aromatic heterocycles. The minimum Gasteiger partial charge on any atom is -0.497 e. The van der Waals surface area contributed by atoms with Crippen LogP contribution < -0.4 is 21.3 Å². The first-order chi connectivity index (χ1) is 13.2. The van der Waals surface area contributed by atoms with E-state index in [-0.39, 0.29) is 11.7 Å². The summed E-state index contributed by atoms with van der Waals surface area (Å²) in [5.74, 6) is 7.07. The summed E-state index contributed by atoms with van der Waals surface area (Å²) < 4.78 is 6.39.